The number of hydrogen-bond acceptors (Lipinski definition) is 5. The maximum absolute atomic E-state index is 11.3. The molecule has 1 saturated heterocycles. The molecule has 1 fully saturated rings. The summed E-state index contributed by atoms with van der Waals surface area (Å²) in [6.45, 7) is 0.568. The number of rotatable bonds is 3. The lowest BCUT2D eigenvalue weighted by Gasteiger charge is -2.29. The Morgan fingerprint density at radius 3 is 2.40 bits per heavy atom. The van der Waals surface area contributed by atoms with Crippen LogP contribution >= 0.6 is 0 Å². The normalized spacial score (nSPS) is 20.1. The summed E-state index contributed by atoms with van der Waals surface area (Å²) in [6.07, 6.45) is 0.932. The maximum atomic E-state index is 11.3. The van der Waals surface area contributed by atoms with Gasteiger partial charge >= 0.3 is 5.97 Å². The second kappa shape index (κ2) is 4.88. The van der Waals surface area contributed by atoms with E-state index in [-0.39, 0.29) is 25.0 Å². The van der Waals surface area contributed by atoms with Gasteiger partial charge in [0.2, 0.25) is 0 Å². The predicted molar refractivity (Wildman–Crippen MR) is 52.6 cm³/mol. The van der Waals surface area contributed by atoms with Gasteiger partial charge in [-0.1, -0.05) is 0 Å². The van der Waals surface area contributed by atoms with Gasteiger partial charge < -0.3 is 4.74 Å². The minimum absolute atomic E-state index is 0.209. The van der Waals surface area contributed by atoms with E-state index in [4.69, 9.17) is 5.84 Å². The quantitative estimate of drug-likeness (QED) is 0.356. The van der Waals surface area contributed by atoms with Crippen LogP contribution in [0.1, 0.15) is 12.8 Å². The van der Waals surface area contributed by atoms with E-state index in [1.807, 2.05) is 0 Å². The molecular formula is C7H15N3O4S. The fraction of sp³-hybridized carbons (Fsp3) is 0.857. The number of ether oxygens (including phenoxy) is 1. The van der Waals surface area contributed by atoms with E-state index in [0.29, 0.717) is 12.8 Å². The molecule has 0 unspecified atom stereocenters. The van der Waals surface area contributed by atoms with Gasteiger partial charge in [0.1, 0.15) is 0 Å². The van der Waals surface area contributed by atoms with E-state index < -0.39 is 10.2 Å². The second-order valence-corrected chi connectivity index (χ2v) is 5.02. The average Bonchev–Trinajstić information content (AvgIpc) is 2.28. The first kappa shape index (κ1) is 12.4. The Morgan fingerprint density at radius 2 is 2.00 bits per heavy atom. The first-order valence-electron chi connectivity index (χ1n) is 4.56. The number of nitrogens with two attached hydrogens (primary N) is 1. The molecule has 88 valence electrons. The van der Waals surface area contributed by atoms with Gasteiger partial charge in [0.25, 0.3) is 10.2 Å². The lowest BCUT2D eigenvalue weighted by molar-refractivity contribution is -0.146. The Bertz CT molecular complexity index is 321. The van der Waals surface area contributed by atoms with Crippen molar-refractivity contribution >= 4 is 16.2 Å². The van der Waals surface area contributed by atoms with Crippen LogP contribution in [0.5, 0.6) is 0 Å². The van der Waals surface area contributed by atoms with Gasteiger partial charge in [0, 0.05) is 13.1 Å². The summed E-state index contributed by atoms with van der Waals surface area (Å²) in [5.74, 6) is 4.39. The molecule has 0 aromatic carbocycles. The van der Waals surface area contributed by atoms with Crippen molar-refractivity contribution in [3.63, 3.8) is 0 Å². The molecule has 1 heterocycles. The molecule has 0 bridgehead atoms. The molecule has 0 radical (unpaired) electrons. The monoisotopic (exact) mass is 237 g/mol. The first-order valence-corrected chi connectivity index (χ1v) is 6.00. The molecule has 0 aromatic rings. The molecule has 0 spiro atoms. The number of nitrogens with zero attached hydrogens (tertiary/aromatic N) is 1. The van der Waals surface area contributed by atoms with Gasteiger partial charge in [0.15, 0.2) is 0 Å². The molecule has 0 amide bonds. The number of carbonyl (C=O) groups is 1. The van der Waals surface area contributed by atoms with Crippen molar-refractivity contribution in [2.24, 2.45) is 11.8 Å². The van der Waals surface area contributed by atoms with E-state index in [1.54, 1.807) is 4.83 Å². The van der Waals surface area contributed by atoms with Gasteiger partial charge in [-0.3, -0.25) is 10.6 Å². The highest BCUT2D eigenvalue weighted by atomic mass is 32.2. The fourth-order valence-electron chi connectivity index (χ4n) is 1.57. The molecule has 15 heavy (non-hydrogen) atoms. The van der Waals surface area contributed by atoms with E-state index in [1.165, 1.54) is 11.4 Å². The van der Waals surface area contributed by atoms with E-state index in [2.05, 4.69) is 4.74 Å². The Kier molecular flexibility index (Phi) is 4.03. The zero-order valence-electron chi connectivity index (χ0n) is 8.47. The van der Waals surface area contributed by atoms with Gasteiger partial charge in [-0.2, -0.15) is 12.7 Å². The number of methoxy groups -OCH3 is 1. The molecule has 1 rings (SSSR count). The zero-order chi connectivity index (χ0) is 11.5. The fourth-order valence-corrected chi connectivity index (χ4v) is 2.41. The second-order valence-electron chi connectivity index (χ2n) is 3.32. The van der Waals surface area contributed by atoms with Crippen LogP contribution in [0.2, 0.25) is 0 Å². The lowest BCUT2D eigenvalue weighted by atomic mass is 9.99. The predicted octanol–water partition coefficient (Wildman–Crippen LogP) is -1.42. The Morgan fingerprint density at radius 1 is 1.47 bits per heavy atom. The SMILES string of the molecule is COC(=O)C1CCN(S(=O)(=O)NN)CC1. The number of nitrogens with one attached hydrogen (secondary N) is 1. The standard InChI is InChI=1S/C7H15N3O4S/c1-14-7(11)6-2-4-10(5-3-6)15(12,13)9-8/h6,9H,2-5,8H2,1H3. The molecule has 8 heteroatoms. The average molecular weight is 237 g/mol. The van der Waals surface area contributed by atoms with Crippen LogP contribution in [0, 0.1) is 5.92 Å². The van der Waals surface area contributed by atoms with Crippen LogP contribution < -0.4 is 10.7 Å². The van der Waals surface area contributed by atoms with Crippen molar-refractivity contribution in [1.29, 1.82) is 0 Å². The number of piperidine rings is 1. The van der Waals surface area contributed by atoms with Crippen molar-refractivity contribution in [1.82, 2.24) is 9.14 Å². The third-order valence-corrected chi connectivity index (χ3v) is 3.82. The first-order chi connectivity index (χ1) is 7.01. The number of hydrogen-bond donors (Lipinski definition) is 2. The van der Waals surface area contributed by atoms with Crippen LogP contribution in [-0.2, 0) is 19.7 Å². The van der Waals surface area contributed by atoms with Crippen molar-refractivity contribution in [3.05, 3.63) is 0 Å². The highest BCUT2D eigenvalue weighted by Gasteiger charge is 2.30. The molecule has 0 saturated carbocycles. The highest BCUT2D eigenvalue weighted by Crippen LogP contribution is 2.19. The Labute approximate surface area is 88.7 Å². The molecule has 3 N–H and O–H groups in total. The lowest BCUT2D eigenvalue weighted by Crippen LogP contribution is -2.48. The summed E-state index contributed by atoms with van der Waals surface area (Å²) < 4.78 is 28.4. The van der Waals surface area contributed by atoms with Crippen molar-refractivity contribution in [2.75, 3.05) is 20.2 Å². The highest BCUT2D eigenvalue weighted by molar-refractivity contribution is 7.87. The third kappa shape index (κ3) is 2.88. The van der Waals surface area contributed by atoms with E-state index in [0.717, 1.165) is 0 Å². The summed E-state index contributed by atoms with van der Waals surface area (Å²) in [4.78, 5) is 12.9. The van der Waals surface area contributed by atoms with Gasteiger partial charge in [-0.25, -0.2) is 0 Å². The van der Waals surface area contributed by atoms with Gasteiger partial charge in [-0.15, -0.1) is 4.83 Å². The van der Waals surface area contributed by atoms with Gasteiger partial charge in [-0.05, 0) is 12.8 Å². The number of carbonyl (C=O) groups excluding carboxylic acids is 1. The van der Waals surface area contributed by atoms with E-state index in [9.17, 15) is 13.2 Å². The molecule has 0 aromatic heterocycles. The minimum atomic E-state index is -3.57. The summed E-state index contributed by atoms with van der Waals surface area (Å²) in [5.41, 5.74) is 0. The minimum Gasteiger partial charge on any atom is -0.469 e. The summed E-state index contributed by atoms with van der Waals surface area (Å²) in [7, 11) is -2.24. The number of esters is 1. The molecule has 7 nitrogen and oxygen atoms in total. The third-order valence-electron chi connectivity index (χ3n) is 2.48. The summed E-state index contributed by atoms with van der Waals surface area (Å²) >= 11 is 0. The van der Waals surface area contributed by atoms with Crippen LogP contribution in [0.15, 0.2) is 0 Å². The smallest absolute Gasteiger partial charge is 0.308 e. The maximum Gasteiger partial charge on any atom is 0.308 e. The largest absolute Gasteiger partial charge is 0.469 e. The molecule has 0 atom stereocenters. The topological polar surface area (TPSA) is 102 Å². The van der Waals surface area contributed by atoms with Crippen molar-refractivity contribution in [2.45, 2.75) is 12.8 Å². The van der Waals surface area contributed by atoms with E-state index >= 15 is 0 Å². The van der Waals surface area contributed by atoms with Crippen molar-refractivity contribution in [3.8, 4) is 0 Å². The summed E-state index contributed by atoms with van der Waals surface area (Å²) in [6, 6.07) is 0. The summed E-state index contributed by atoms with van der Waals surface area (Å²) in [5, 5.41) is 0. The Hall–Kier alpha value is -0.700. The molecule has 1 aliphatic heterocycles. The van der Waals surface area contributed by atoms with Gasteiger partial charge in [0.05, 0.1) is 13.0 Å². The van der Waals surface area contributed by atoms with Crippen LogP contribution in [0.4, 0.5) is 0 Å². The zero-order valence-corrected chi connectivity index (χ0v) is 9.29. The molecular weight excluding hydrogens is 222 g/mol. The van der Waals surface area contributed by atoms with Crippen LogP contribution in [-0.4, -0.2) is 38.9 Å². The van der Waals surface area contributed by atoms with Crippen molar-refractivity contribution < 1.29 is 17.9 Å². The van der Waals surface area contributed by atoms with Crippen LogP contribution in [0.3, 0.4) is 0 Å². The molecule has 0 aliphatic carbocycles. The number of hydrazine groups is 1. The Balaban J connectivity index is 2.53. The van der Waals surface area contributed by atoms with Crippen LogP contribution in [0.25, 0.3) is 0 Å². The molecule has 1 aliphatic rings.